The first-order valence-corrected chi connectivity index (χ1v) is 10.1. The summed E-state index contributed by atoms with van der Waals surface area (Å²) in [5, 5.41) is 12.2. The van der Waals surface area contributed by atoms with Gasteiger partial charge in [-0.1, -0.05) is 18.2 Å². The Morgan fingerprint density at radius 3 is 2.64 bits per heavy atom. The molecule has 6 nitrogen and oxygen atoms in total. The Morgan fingerprint density at radius 1 is 1.18 bits per heavy atom. The Labute approximate surface area is 169 Å². The Morgan fingerprint density at radius 2 is 1.96 bits per heavy atom. The summed E-state index contributed by atoms with van der Waals surface area (Å²) in [6.45, 7) is 4.86. The third kappa shape index (κ3) is 4.72. The van der Waals surface area contributed by atoms with E-state index in [1.165, 1.54) is 11.1 Å². The first-order chi connectivity index (χ1) is 13.5. The predicted molar refractivity (Wildman–Crippen MR) is 110 cm³/mol. The van der Waals surface area contributed by atoms with E-state index in [-0.39, 0.29) is 5.37 Å². The van der Waals surface area contributed by atoms with Gasteiger partial charge in [-0.25, -0.2) is 0 Å². The van der Waals surface area contributed by atoms with Gasteiger partial charge in [-0.05, 0) is 43.2 Å². The molecule has 2 N–H and O–H groups in total. The number of benzene rings is 2. The van der Waals surface area contributed by atoms with Crippen molar-refractivity contribution in [2.75, 3.05) is 26.1 Å². The van der Waals surface area contributed by atoms with E-state index in [4.69, 9.17) is 14.2 Å². The number of ether oxygens (including phenoxy) is 3. The molecule has 1 heterocycles. The minimum absolute atomic E-state index is 0.160. The zero-order chi connectivity index (χ0) is 20.1. The highest BCUT2D eigenvalue weighted by molar-refractivity contribution is 7.99. The Hall–Kier alpha value is -2.38. The maximum absolute atomic E-state index is 11.2. The van der Waals surface area contributed by atoms with Gasteiger partial charge in [-0.15, -0.1) is 11.8 Å². The largest absolute Gasteiger partial charge is 0.493 e. The van der Waals surface area contributed by atoms with E-state index in [9.17, 15) is 9.90 Å². The number of carbonyl (C=O) groups is 1. The third-order valence-electron chi connectivity index (χ3n) is 4.67. The quantitative estimate of drug-likeness (QED) is 0.653. The summed E-state index contributed by atoms with van der Waals surface area (Å²) in [7, 11) is 1.59. The monoisotopic (exact) mass is 403 g/mol. The summed E-state index contributed by atoms with van der Waals surface area (Å²) in [4.78, 5) is 11.2. The highest BCUT2D eigenvalue weighted by Crippen LogP contribution is 2.42. The number of aryl methyl sites for hydroxylation is 2. The van der Waals surface area contributed by atoms with Crippen molar-refractivity contribution >= 4 is 17.7 Å². The molecule has 28 heavy (non-hydrogen) atoms. The third-order valence-corrected chi connectivity index (χ3v) is 5.92. The average molecular weight is 404 g/mol. The number of para-hydroxylation sites is 1. The zero-order valence-electron chi connectivity index (χ0n) is 16.2. The molecule has 0 aliphatic carbocycles. The topological polar surface area (TPSA) is 77.0 Å². The van der Waals surface area contributed by atoms with Gasteiger partial charge in [-0.2, -0.15) is 0 Å². The van der Waals surface area contributed by atoms with Crippen molar-refractivity contribution in [1.29, 1.82) is 0 Å². The van der Waals surface area contributed by atoms with Gasteiger partial charge in [-0.3, -0.25) is 10.1 Å². The molecule has 1 fully saturated rings. The lowest BCUT2D eigenvalue weighted by atomic mass is 10.1. The summed E-state index contributed by atoms with van der Waals surface area (Å²) in [6, 6.07) is 11.1. The molecular formula is C21H25NO5S. The molecule has 3 rings (SSSR count). The van der Waals surface area contributed by atoms with Crippen molar-refractivity contribution in [2.24, 2.45) is 0 Å². The molecule has 2 aromatic carbocycles. The molecular weight excluding hydrogens is 378 g/mol. The smallest absolute Gasteiger partial charge is 0.321 e. The summed E-state index contributed by atoms with van der Waals surface area (Å²) < 4.78 is 17.2. The predicted octanol–water partition coefficient (Wildman–Crippen LogP) is 3.56. The number of carboxylic acid groups (broad SMARTS) is 1. The van der Waals surface area contributed by atoms with Gasteiger partial charge in [0.2, 0.25) is 0 Å². The second-order valence-electron chi connectivity index (χ2n) is 6.59. The molecule has 1 saturated heterocycles. The first kappa shape index (κ1) is 20.4. The van der Waals surface area contributed by atoms with Crippen molar-refractivity contribution in [1.82, 2.24) is 5.32 Å². The van der Waals surface area contributed by atoms with Gasteiger partial charge in [0.05, 0.1) is 12.5 Å². The number of rotatable bonds is 8. The van der Waals surface area contributed by atoms with Crippen LogP contribution in [0.3, 0.4) is 0 Å². The molecule has 0 amide bonds. The SMILES string of the molecule is COc1cccc(C2NC(C(=O)O)CS2)c1OCCOc1ccc(C)c(C)c1. The fraction of sp³-hybridized carbons (Fsp3) is 0.381. The van der Waals surface area contributed by atoms with Crippen LogP contribution in [0.2, 0.25) is 0 Å². The van der Waals surface area contributed by atoms with Crippen molar-refractivity contribution in [3.05, 3.63) is 53.1 Å². The van der Waals surface area contributed by atoms with Gasteiger partial charge in [0.1, 0.15) is 25.0 Å². The van der Waals surface area contributed by atoms with Crippen LogP contribution in [-0.2, 0) is 4.79 Å². The normalized spacial score (nSPS) is 18.7. The molecule has 1 aliphatic rings. The number of carboxylic acids is 1. The lowest BCUT2D eigenvalue weighted by Gasteiger charge is -2.19. The van der Waals surface area contributed by atoms with Gasteiger partial charge in [0, 0.05) is 11.3 Å². The van der Waals surface area contributed by atoms with E-state index in [0.29, 0.717) is 30.5 Å². The molecule has 7 heteroatoms. The van der Waals surface area contributed by atoms with E-state index in [0.717, 1.165) is 11.3 Å². The maximum Gasteiger partial charge on any atom is 0.321 e. The van der Waals surface area contributed by atoms with E-state index in [1.54, 1.807) is 18.9 Å². The van der Waals surface area contributed by atoms with Crippen LogP contribution in [0.4, 0.5) is 0 Å². The van der Waals surface area contributed by atoms with Crippen LogP contribution in [0.1, 0.15) is 22.1 Å². The second-order valence-corrected chi connectivity index (χ2v) is 7.73. The molecule has 0 aromatic heterocycles. The molecule has 0 spiro atoms. The van der Waals surface area contributed by atoms with Crippen LogP contribution in [0, 0.1) is 13.8 Å². The van der Waals surface area contributed by atoms with E-state index < -0.39 is 12.0 Å². The molecule has 0 bridgehead atoms. The molecule has 0 radical (unpaired) electrons. The number of hydrogen-bond acceptors (Lipinski definition) is 6. The molecule has 2 atom stereocenters. The van der Waals surface area contributed by atoms with Gasteiger partial charge >= 0.3 is 5.97 Å². The van der Waals surface area contributed by atoms with Crippen LogP contribution in [0.15, 0.2) is 36.4 Å². The van der Waals surface area contributed by atoms with Crippen LogP contribution in [0.5, 0.6) is 17.2 Å². The Kier molecular flexibility index (Phi) is 6.70. The number of aliphatic carboxylic acids is 1. The van der Waals surface area contributed by atoms with Crippen molar-refractivity contribution in [3.63, 3.8) is 0 Å². The second kappa shape index (κ2) is 9.21. The van der Waals surface area contributed by atoms with E-state index in [1.807, 2.05) is 36.4 Å². The fourth-order valence-corrected chi connectivity index (χ4v) is 4.20. The minimum Gasteiger partial charge on any atom is -0.493 e. The molecule has 0 saturated carbocycles. The van der Waals surface area contributed by atoms with Crippen LogP contribution in [0.25, 0.3) is 0 Å². The lowest BCUT2D eigenvalue weighted by Crippen LogP contribution is -2.33. The van der Waals surface area contributed by atoms with Crippen molar-refractivity contribution < 1.29 is 24.1 Å². The Bertz CT molecular complexity index is 842. The van der Waals surface area contributed by atoms with E-state index in [2.05, 4.69) is 19.2 Å². The van der Waals surface area contributed by atoms with E-state index >= 15 is 0 Å². The van der Waals surface area contributed by atoms with Gasteiger partial charge < -0.3 is 19.3 Å². The fourth-order valence-electron chi connectivity index (χ4n) is 2.95. The number of methoxy groups -OCH3 is 1. The zero-order valence-corrected chi connectivity index (χ0v) is 17.0. The standard InChI is InChI=1S/C21H25NO5S/c1-13-7-8-15(11-14(13)2)26-9-10-27-19-16(5-4-6-18(19)25-3)20-22-17(12-28-20)21(23)24/h4-8,11,17,20,22H,9-10,12H2,1-3H3,(H,23,24). The lowest BCUT2D eigenvalue weighted by molar-refractivity contribution is -0.138. The molecule has 150 valence electrons. The summed E-state index contributed by atoms with van der Waals surface area (Å²) in [5.74, 6) is 1.70. The average Bonchev–Trinajstić information content (AvgIpc) is 3.18. The van der Waals surface area contributed by atoms with Gasteiger partial charge in [0.15, 0.2) is 11.5 Å². The molecule has 2 unspecified atom stereocenters. The first-order valence-electron chi connectivity index (χ1n) is 9.10. The van der Waals surface area contributed by atoms with Crippen molar-refractivity contribution in [2.45, 2.75) is 25.3 Å². The van der Waals surface area contributed by atoms with Crippen LogP contribution in [-0.4, -0.2) is 43.2 Å². The number of hydrogen-bond donors (Lipinski definition) is 2. The maximum atomic E-state index is 11.2. The minimum atomic E-state index is -0.845. The molecule has 2 aromatic rings. The Balaban J connectivity index is 1.65. The molecule has 1 aliphatic heterocycles. The van der Waals surface area contributed by atoms with Crippen molar-refractivity contribution in [3.8, 4) is 17.2 Å². The highest BCUT2D eigenvalue weighted by atomic mass is 32.2. The number of thioether (sulfide) groups is 1. The number of nitrogens with one attached hydrogen (secondary N) is 1. The summed E-state index contributed by atoms with van der Waals surface area (Å²) in [5.41, 5.74) is 3.28. The van der Waals surface area contributed by atoms with Crippen LogP contribution >= 0.6 is 11.8 Å². The highest BCUT2D eigenvalue weighted by Gasteiger charge is 2.32. The van der Waals surface area contributed by atoms with Gasteiger partial charge in [0.25, 0.3) is 0 Å². The van der Waals surface area contributed by atoms with Crippen LogP contribution < -0.4 is 19.5 Å². The summed E-state index contributed by atoms with van der Waals surface area (Å²) in [6.07, 6.45) is 0. The summed E-state index contributed by atoms with van der Waals surface area (Å²) >= 11 is 1.55.